The summed E-state index contributed by atoms with van der Waals surface area (Å²) in [7, 11) is 0. The van der Waals surface area contributed by atoms with Crippen LogP contribution in [0.15, 0.2) is 12.7 Å². The molecule has 0 aromatic heterocycles. The largest absolute Gasteiger partial charge is 0.474 e. The monoisotopic (exact) mass is 355 g/mol. The predicted molar refractivity (Wildman–Crippen MR) is 91.8 cm³/mol. The van der Waals surface area contributed by atoms with Crippen LogP contribution in [0.5, 0.6) is 0 Å². The third-order valence-corrected chi connectivity index (χ3v) is 4.22. The van der Waals surface area contributed by atoms with Gasteiger partial charge in [0.25, 0.3) is 0 Å². The third-order valence-electron chi connectivity index (χ3n) is 4.22. The smallest absolute Gasteiger partial charge is 0.394 e. The van der Waals surface area contributed by atoms with Crippen molar-refractivity contribution in [2.24, 2.45) is 0 Å². The fourth-order valence-corrected chi connectivity index (χ4v) is 2.97. The standard InChI is InChI=1S/C18H29NO6/c1-3-5-6-7-10-13-18(17(23)24-4-2,19-15(20)16(21)22)25-14-11-8-9-12-14/h3,14H,1,4-13H2,2H3,(H,19,20)(H,21,22)/t18-/m0/s1. The molecule has 1 amide bonds. The van der Waals surface area contributed by atoms with Crippen molar-refractivity contribution in [3.05, 3.63) is 12.7 Å². The molecule has 7 nitrogen and oxygen atoms in total. The second kappa shape index (κ2) is 10.9. The Morgan fingerprint density at radius 3 is 2.48 bits per heavy atom. The Morgan fingerprint density at radius 1 is 1.24 bits per heavy atom. The van der Waals surface area contributed by atoms with Gasteiger partial charge in [-0.2, -0.15) is 0 Å². The summed E-state index contributed by atoms with van der Waals surface area (Å²) < 4.78 is 11.0. The summed E-state index contributed by atoms with van der Waals surface area (Å²) in [6.45, 7) is 5.44. The minimum absolute atomic E-state index is 0.119. The van der Waals surface area contributed by atoms with Gasteiger partial charge in [-0.25, -0.2) is 9.59 Å². The summed E-state index contributed by atoms with van der Waals surface area (Å²) >= 11 is 0. The SMILES string of the molecule is C=CCCCCC[C@](NC(=O)C(=O)O)(OC1CCCC1)C(=O)OCC. The zero-order chi connectivity index (χ0) is 18.7. The first-order valence-corrected chi connectivity index (χ1v) is 8.96. The maximum absolute atomic E-state index is 12.6. The molecular formula is C18H29NO6. The van der Waals surface area contributed by atoms with Crippen LogP contribution in [0.2, 0.25) is 0 Å². The molecule has 25 heavy (non-hydrogen) atoms. The van der Waals surface area contributed by atoms with Crippen molar-refractivity contribution in [3.63, 3.8) is 0 Å². The van der Waals surface area contributed by atoms with Gasteiger partial charge in [0, 0.05) is 6.42 Å². The van der Waals surface area contributed by atoms with Gasteiger partial charge in [-0.1, -0.05) is 25.3 Å². The Morgan fingerprint density at radius 2 is 1.92 bits per heavy atom. The van der Waals surface area contributed by atoms with Crippen LogP contribution in [0.3, 0.4) is 0 Å². The third kappa shape index (κ3) is 6.86. The molecule has 1 atom stereocenters. The molecule has 1 fully saturated rings. The number of carbonyl (C=O) groups excluding carboxylic acids is 2. The number of hydrogen-bond acceptors (Lipinski definition) is 5. The van der Waals surface area contributed by atoms with Crippen molar-refractivity contribution >= 4 is 17.8 Å². The van der Waals surface area contributed by atoms with Gasteiger partial charge >= 0.3 is 17.8 Å². The van der Waals surface area contributed by atoms with Crippen molar-refractivity contribution in [3.8, 4) is 0 Å². The summed E-state index contributed by atoms with van der Waals surface area (Å²) in [6.07, 6.45) is 8.50. The van der Waals surface area contributed by atoms with E-state index in [-0.39, 0.29) is 19.1 Å². The number of hydrogen-bond donors (Lipinski definition) is 2. The highest BCUT2D eigenvalue weighted by atomic mass is 16.6. The first kappa shape index (κ1) is 21.2. The number of rotatable bonds is 11. The van der Waals surface area contributed by atoms with Crippen LogP contribution in [-0.2, 0) is 23.9 Å². The minimum Gasteiger partial charge on any atom is -0.474 e. The van der Waals surface area contributed by atoms with Gasteiger partial charge in [0.1, 0.15) is 0 Å². The molecule has 142 valence electrons. The van der Waals surface area contributed by atoms with Crippen LogP contribution in [0, 0.1) is 0 Å². The molecule has 1 aliphatic rings. The number of unbranched alkanes of at least 4 members (excludes halogenated alkanes) is 3. The summed E-state index contributed by atoms with van der Waals surface area (Å²) in [5, 5.41) is 11.2. The molecule has 0 saturated heterocycles. The Hall–Kier alpha value is -1.89. The van der Waals surface area contributed by atoms with Gasteiger partial charge in [-0.3, -0.25) is 4.79 Å². The van der Waals surface area contributed by atoms with Crippen LogP contribution in [0.25, 0.3) is 0 Å². The number of nitrogens with one attached hydrogen (secondary N) is 1. The first-order valence-electron chi connectivity index (χ1n) is 8.96. The number of aliphatic carboxylic acids is 1. The second-order valence-electron chi connectivity index (χ2n) is 6.22. The number of ether oxygens (including phenoxy) is 2. The summed E-state index contributed by atoms with van der Waals surface area (Å²) in [6, 6.07) is 0. The number of carbonyl (C=O) groups is 3. The lowest BCUT2D eigenvalue weighted by molar-refractivity contribution is -0.191. The van der Waals surface area contributed by atoms with E-state index < -0.39 is 23.6 Å². The van der Waals surface area contributed by atoms with Crippen molar-refractivity contribution < 1.29 is 29.0 Å². The quantitative estimate of drug-likeness (QED) is 0.194. The average molecular weight is 355 g/mol. The molecule has 7 heteroatoms. The fourth-order valence-electron chi connectivity index (χ4n) is 2.97. The molecule has 0 spiro atoms. The zero-order valence-electron chi connectivity index (χ0n) is 14.9. The molecule has 0 aromatic rings. The summed E-state index contributed by atoms with van der Waals surface area (Å²) in [5.74, 6) is -3.66. The maximum Gasteiger partial charge on any atom is 0.394 e. The number of esters is 1. The molecule has 0 aromatic carbocycles. The molecule has 0 radical (unpaired) electrons. The van der Waals surface area contributed by atoms with Gasteiger partial charge in [0.15, 0.2) is 0 Å². The summed E-state index contributed by atoms with van der Waals surface area (Å²) in [5.41, 5.74) is -1.74. The molecular weight excluding hydrogens is 326 g/mol. The lowest BCUT2D eigenvalue weighted by Gasteiger charge is -2.34. The molecule has 1 saturated carbocycles. The fraction of sp³-hybridized carbons (Fsp3) is 0.722. The van der Waals surface area contributed by atoms with Gasteiger partial charge < -0.3 is 19.9 Å². The molecule has 0 heterocycles. The first-order chi connectivity index (χ1) is 11.9. The Labute approximate surface area is 148 Å². The molecule has 0 unspecified atom stereocenters. The van der Waals surface area contributed by atoms with E-state index in [1.807, 2.05) is 6.08 Å². The van der Waals surface area contributed by atoms with E-state index in [0.29, 0.717) is 6.42 Å². The average Bonchev–Trinajstić information content (AvgIpc) is 3.07. The van der Waals surface area contributed by atoms with E-state index in [0.717, 1.165) is 44.9 Å². The van der Waals surface area contributed by atoms with Crippen LogP contribution in [0.4, 0.5) is 0 Å². The van der Waals surface area contributed by atoms with Gasteiger partial charge in [0.05, 0.1) is 12.7 Å². The van der Waals surface area contributed by atoms with E-state index in [1.54, 1.807) is 6.92 Å². The van der Waals surface area contributed by atoms with Crippen LogP contribution in [0.1, 0.15) is 64.7 Å². The second-order valence-corrected chi connectivity index (χ2v) is 6.22. The number of amides is 1. The van der Waals surface area contributed by atoms with E-state index >= 15 is 0 Å². The Balaban J connectivity index is 2.92. The lowest BCUT2D eigenvalue weighted by Crippen LogP contribution is -2.60. The van der Waals surface area contributed by atoms with E-state index in [1.165, 1.54) is 0 Å². The molecule has 0 bridgehead atoms. The molecule has 0 aliphatic heterocycles. The van der Waals surface area contributed by atoms with Crippen molar-refractivity contribution in [1.29, 1.82) is 0 Å². The number of carboxylic acids is 1. The summed E-state index contributed by atoms with van der Waals surface area (Å²) in [4.78, 5) is 35.3. The van der Waals surface area contributed by atoms with Gasteiger partial charge in [0.2, 0.25) is 5.72 Å². The van der Waals surface area contributed by atoms with Crippen molar-refractivity contribution in [1.82, 2.24) is 5.32 Å². The van der Waals surface area contributed by atoms with Crippen molar-refractivity contribution in [2.75, 3.05) is 6.61 Å². The number of carboxylic acid groups (broad SMARTS) is 1. The molecule has 1 aliphatic carbocycles. The van der Waals surface area contributed by atoms with Gasteiger partial charge in [-0.15, -0.1) is 6.58 Å². The van der Waals surface area contributed by atoms with E-state index in [9.17, 15) is 14.4 Å². The Kier molecular flexibility index (Phi) is 9.20. The lowest BCUT2D eigenvalue weighted by atomic mass is 10.0. The predicted octanol–water partition coefficient (Wildman–Crippen LogP) is 2.54. The van der Waals surface area contributed by atoms with E-state index in [2.05, 4.69) is 11.9 Å². The maximum atomic E-state index is 12.6. The van der Waals surface area contributed by atoms with Crippen molar-refractivity contribution in [2.45, 2.75) is 76.5 Å². The topological polar surface area (TPSA) is 102 Å². The molecule has 2 N–H and O–H groups in total. The van der Waals surface area contributed by atoms with Crippen LogP contribution >= 0.6 is 0 Å². The highest BCUT2D eigenvalue weighted by Gasteiger charge is 2.45. The minimum atomic E-state index is -1.74. The normalized spacial score (nSPS) is 16.8. The van der Waals surface area contributed by atoms with Crippen LogP contribution in [-0.4, -0.2) is 41.4 Å². The van der Waals surface area contributed by atoms with Gasteiger partial charge in [-0.05, 0) is 39.0 Å². The molecule has 1 rings (SSSR count). The zero-order valence-corrected chi connectivity index (χ0v) is 14.9. The van der Waals surface area contributed by atoms with Crippen LogP contribution < -0.4 is 5.32 Å². The van der Waals surface area contributed by atoms with E-state index in [4.69, 9.17) is 14.6 Å². The highest BCUT2D eigenvalue weighted by Crippen LogP contribution is 2.29. The highest BCUT2D eigenvalue weighted by molar-refractivity contribution is 6.32. The Bertz CT molecular complexity index is 472. The number of allylic oxidation sites excluding steroid dienone is 1.